The second-order valence-electron chi connectivity index (χ2n) is 6.50. The van der Waals surface area contributed by atoms with E-state index in [1.165, 1.54) is 0 Å². The van der Waals surface area contributed by atoms with E-state index >= 15 is 0 Å². The van der Waals surface area contributed by atoms with E-state index in [0.717, 1.165) is 21.8 Å². The quantitative estimate of drug-likeness (QED) is 0.344. The Morgan fingerprint density at radius 1 is 1.07 bits per heavy atom. The Balaban J connectivity index is 1.78. The zero-order valence-electron chi connectivity index (χ0n) is 15.5. The molecule has 0 fully saturated rings. The van der Waals surface area contributed by atoms with Gasteiger partial charge in [0.1, 0.15) is 5.38 Å². The van der Waals surface area contributed by atoms with Gasteiger partial charge in [0.2, 0.25) is 5.91 Å². The van der Waals surface area contributed by atoms with Gasteiger partial charge in [0.15, 0.2) is 0 Å². The zero-order chi connectivity index (χ0) is 19.9. The van der Waals surface area contributed by atoms with E-state index in [1.807, 2.05) is 72.9 Å². The smallest absolute Gasteiger partial charge is 0.245 e. The topological polar surface area (TPSA) is 25.2 Å². The van der Waals surface area contributed by atoms with Crippen LogP contribution in [0.3, 0.4) is 0 Å². The molecule has 144 valence electrons. The number of aromatic nitrogens is 1. The van der Waals surface area contributed by atoms with Gasteiger partial charge in [-0.3, -0.25) is 4.79 Å². The summed E-state index contributed by atoms with van der Waals surface area (Å²) < 4.78 is 2.09. The van der Waals surface area contributed by atoms with Gasteiger partial charge in [0, 0.05) is 30.0 Å². The van der Waals surface area contributed by atoms with E-state index < -0.39 is 5.38 Å². The highest BCUT2D eigenvalue weighted by molar-refractivity contribution is 6.31. The Kier molecular flexibility index (Phi) is 6.96. The molecule has 0 aliphatic carbocycles. The van der Waals surface area contributed by atoms with Gasteiger partial charge >= 0.3 is 0 Å². The van der Waals surface area contributed by atoms with Crippen molar-refractivity contribution >= 4 is 29.1 Å². The van der Waals surface area contributed by atoms with Gasteiger partial charge < -0.3 is 9.47 Å². The molecule has 5 heteroatoms. The SMILES string of the molecule is C=CCN(Cc1cccn1Cc1ccccc1Cl)C(=O)C(Cl)c1ccccc1. The monoisotopic (exact) mass is 412 g/mol. The number of carbonyl (C=O) groups excluding carboxylic acids is 1. The molecule has 3 nitrogen and oxygen atoms in total. The maximum Gasteiger partial charge on any atom is 0.245 e. The third kappa shape index (κ3) is 4.86. The van der Waals surface area contributed by atoms with E-state index in [1.54, 1.807) is 11.0 Å². The second kappa shape index (κ2) is 9.63. The first-order valence-corrected chi connectivity index (χ1v) is 9.87. The molecule has 0 N–H and O–H groups in total. The van der Waals surface area contributed by atoms with E-state index in [9.17, 15) is 4.79 Å². The Bertz CT molecular complexity index is 937. The molecule has 3 rings (SSSR count). The summed E-state index contributed by atoms with van der Waals surface area (Å²) in [5.41, 5.74) is 2.82. The van der Waals surface area contributed by atoms with Gasteiger partial charge in [0.25, 0.3) is 0 Å². The Morgan fingerprint density at radius 3 is 2.50 bits per heavy atom. The number of hydrogen-bond acceptors (Lipinski definition) is 1. The number of hydrogen-bond donors (Lipinski definition) is 0. The van der Waals surface area contributed by atoms with Crippen LogP contribution in [0, 0.1) is 0 Å². The lowest BCUT2D eigenvalue weighted by atomic mass is 10.1. The molecular weight excluding hydrogens is 391 g/mol. The number of rotatable bonds is 8. The predicted molar refractivity (Wildman–Crippen MR) is 116 cm³/mol. The molecule has 1 unspecified atom stereocenters. The normalized spacial score (nSPS) is 11.8. The number of amides is 1. The molecule has 0 radical (unpaired) electrons. The maximum atomic E-state index is 13.0. The van der Waals surface area contributed by atoms with Crippen LogP contribution in [0.5, 0.6) is 0 Å². The van der Waals surface area contributed by atoms with Crippen molar-refractivity contribution in [1.29, 1.82) is 0 Å². The van der Waals surface area contributed by atoms with Crippen LogP contribution < -0.4 is 0 Å². The van der Waals surface area contributed by atoms with Crippen molar-refractivity contribution in [1.82, 2.24) is 9.47 Å². The molecule has 1 atom stereocenters. The van der Waals surface area contributed by atoms with Crippen molar-refractivity contribution in [3.05, 3.63) is 107 Å². The summed E-state index contributed by atoms with van der Waals surface area (Å²) in [6.07, 6.45) is 3.71. The van der Waals surface area contributed by atoms with Crippen LogP contribution in [0.2, 0.25) is 5.02 Å². The van der Waals surface area contributed by atoms with Crippen LogP contribution in [0.15, 0.2) is 85.6 Å². The zero-order valence-corrected chi connectivity index (χ0v) is 17.0. The molecule has 0 aliphatic heterocycles. The van der Waals surface area contributed by atoms with Crippen molar-refractivity contribution in [2.24, 2.45) is 0 Å². The summed E-state index contributed by atoms with van der Waals surface area (Å²) in [6, 6.07) is 21.1. The first-order chi connectivity index (χ1) is 13.6. The molecule has 2 aromatic carbocycles. The third-order valence-electron chi connectivity index (χ3n) is 4.55. The average Bonchev–Trinajstić information content (AvgIpc) is 3.15. The Morgan fingerprint density at radius 2 is 1.79 bits per heavy atom. The van der Waals surface area contributed by atoms with Crippen molar-refractivity contribution in [3.8, 4) is 0 Å². The summed E-state index contributed by atoms with van der Waals surface area (Å²) in [6.45, 7) is 5.29. The fraction of sp³-hybridized carbons (Fsp3) is 0.174. The number of nitrogens with zero attached hydrogens (tertiary/aromatic N) is 2. The first kappa shape index (κ1) is 20.2. The highest BCUT2D eigenvalue weighted by Crippen LogP contribution is 2.24. The maximum absolute atomic E-state index is 13.0. The molecular formula is C23H22Cl2N2O. The number of alkyl halides is 1. The van der Waals surface area contributed by atoms with Crippen molar-refractivity contribution in [2.75, 3.05) is 6.54 Å². The van der Waals surface area contributed by atoms with Gasteiger partial charge in [-0.2, -0.15) is 0 Å². The minimum atomic E-state index is -0.729. The van der Waals surface area contributed by atoms with Gasteiger partial charge in [-0.15, -0.1) is 18.2 Å². The average molecular weight is 413 g/mol. The molecule has 0 saturated carbocycles. The molecule has 0 bridgehead atoms. The highest BCUT2D eigenvalue weighted by atomic mass is 35.5. The van der Waals surface area contributed by atoms with Crippen LogP contribution in [0.1, 0.15) is 22.2 Å². The summed E-state index contributed by atoms with van der Waals surface area (Å²) in [5.74, 6) is -0.140. The molecule has 28 heavy (non-hydrogen) atoms. The minimum absolute atomic E-state index is 0.140. The summed E-state index contributed by atoms with van der Waals surface area (Å²) in [5, 5.41) is -0.000737. The molecule has 3 aromatic rings. The highest BCUT2D eigenvalue weighted by Gasteiger charge is 2.24. The van der Waals surface area contributed by atoms with Gasteiger partial charge in [-0.25, -0.2) is 0 Å². The molecule has 0 spiro atoms. The Hall–Kier alpha value is -2.49. The number of carbonyl (C=O) groups is 1. The van der Waals surface area contributed by atoms with E-state index in [4.69, 9.17) is 23.2 Å². The Labute approximate surface area is 175 Å². The van der Waals surface area contributed by atoms with Gasteiger partial charge in [-0.05, 0) is 29.3 Å². The standard InChI is InChI=1S/C23H22Cl2N2O/c1-2-14-27(23(28)22(25)18-9-4-3-5-10-18)17-20-12-8-15-26(20)16-19-11-6-7-13-21(19)24/h2-13,15,22H,1,14,16-17H2. The van der Waals surface area contributed by atoms with Crippen molar-refractivity contribution in [3.63, 3.8) is 0 Å². The molecule has 0 saturated heterocycles. The van der Waals surface area contributed by atoms with E-state index in [0.29, 0.717) is 19.6 Å². The summed E-state index contributed by atoms with van der Waals surface area (Å²) in [7, 11) is 0. The minimum Gasteiger partial charge on any atom is -0.345 e. The molecule has 1 aromatic heterocycles. The van der Waals surface area contributed by atoms with E-state index in [-0.39, 0.29) is 5.91 Å². The van der Waals surface area contributed by atoms with Gasteiger partial charge in [-0.1, -0.05) is 66.2 Å². The lowest BCUT2D eigenvalue weighted by Crippen LogP contribution is -2.34. The van der Waals surface area contributed by atoms with Crippen molar-refractivity contribution in [2.45, 2.75) is 18.5 Å². The van der Waals surface area contributed by atoms with Crippen LogP contribution in [-0.4, -0.2) is 21.9 Å². The summed E-state index contributed by atoms with van der Waals surface area (Å²) >= 11 is 12.8. The van der Waals surface area contributed by atoms with Gasteiger partial charge in [0.05, 0.1) is 6.54 Å². The lowest BCUT2D eigenvalue weighted by molar-refractivity contribution is -0.131. The van der Waals surface area contributed by atoms with Crippen LogP contribution in [-0.2, 0) is 17.9 Å². The molecule has 1 amide bonds. The van der Waals surface area contributed by atoms with Crippen LogP contribution >= 0.6 is 23.2 Å². The second-order valence-corrected chi connectivity index (χ2v) is 7.34. The first-order valence-electron chi connectivity index (χ1n) is 9.06. The number of halogens is 2. The van der Waals surface area contributed by atoms with Crippen LogP contribution in [0.4, 0.5) is 0 Å². The van der Waals surface area contributed by atoms with Crippen molar-refractivity contribution < 1.29 is 4.79 Å². The van der Waals surface area contributed by atoms with E-state index in [2.05, 4.69) is 11.1 Å². The summed E-state index contributed by atoms with van der Waals surface area (Å²) in [4.78, 5) is 14.7. The number of benzene rings is 2. The lowest BCUT2D eigenvalue weighted by Gasteiger charge is -2.25. The fourth-order valence-corrected chi connectivity index (χ4v) is 3.55. The molecule has 0 aliphatic rings. The fourth-order valence-electron chi connectivity index (χ4n) is 3.07. The third-order valence-corrected chi connectivity index (χ3v) is 5.35. The van der Waals surface area contributed by atoms with Crippen LogP contribution in [0.25, 0.3) is 0 Å². The predicted octanol–water partition coefficient (Wildman–Crippen LogP) is 5.68. The molecule has 1 heterocycles. The largest absolute Gasteiger partial charge is 0.345 e.